The third-order valence-corrected chi connectivity index (χ3v) is 4.93. The van der Waals surface area contributed by atoms with Crippen molar-refractivity contribution in [2.24, 2.45) is 0 Å². The summed E-state index contributed by atoms with van der Waals surface area (Å²) in [7, 11) is 0. The van der Waals surface area contributed by atoms with Crippen molar-refractivity contribution in [2.75, 3.05) is 18.1 Å². The fourth-order valence-electron chi connectivity index (χ4n) is 3.23. The van der Waals surface area contributed by atoms with Crippen molar-refractivity contribution in [1.82, 2.24) is 0 Å². The van der Waals surface area contributed by atoms with Crippen LogP contribution in [-0.4, -0.2) is 35.7 Å². The molecule has 1 aliphatic heterocycles. The highest BCUT2D eigenvalue weighted by Crippen LogP contribution is 2.38. The monoisotopic (exact) mass is 397 g/mol. The summed E-state index contributed by atoms with van der Waals surface area (Å²) < 4.78 is 11.6. The third kappa shape index (κ3) is 4.36. The van der Waals surface area contributed by atoms with Gasteiger partial charge in [-0.05, 0) is 55.2 Å². The zero-order valence-electron chi connectivity index (χ0n) is 17.5. The molecule has 3 rings (SSSR count). The van der Waals surface area contributed by atoms with Crippen LogP contribution in [0.5, 0.6) is 11.5 Å². The van der Waals surface area contributed by atoms with Crippen LogP contribution in [0.4, 0.5) is 5.69 Å². The first-order valence-electron chi connectivity index (χ1n) is 9.61. The number of rotatable bonds is 5. The summed E-state index contributed by atoms with van der Waals surface area (Å²) in [6, 6.07) is 12.4. The highest BCUT2D eigenvalue weighted by atomic mass is 16.5. The van der Waals surface area contributed by atoms with Crippen LogP contribution < -0.4 is 14.4 Å². The van der Waals surface area contributed by atoms with E-state index in [0.717, 1.165) is 5.75 Å². The second kappa shape index (κ2) is 7.43. The number of aromatic carboxylic acids is 1. The van der Waals surface area contributed by atoms with Crippen LogP contribution in [-0.2, 0) is 10.2 Å². The van der Waals surface area contributed by atoms with E-state index in [0.29, 0.717) is 11.4 Å². The second-order valence-corrected chi connectivity index (χ2v) is 8.68. The summed E-state index contributed by atoms with van der Waals surface area (Å²) >= 11 is 0. The van der Waals surface area contributed by atoms with Gasteiger partial charge in [-0.15, -0.1) is 0 Å². The van der Waals surface area contributed by atoms with Gasteiger partial charge in [0.25, 0.3) is 5.91 Å². The number of carbonyl (C=O) groups excluding carboxylic acids is 1. The Balaban J connectivity index is 1.76. The summed E-state index contributed by atoms with van der Waals surface area (Å²) in [6.45, 7) is 10.4. The molecule has 1 aliphatic rings. The largest absolute Gasteiger partial charge is 0.492 e. The second-order valence-electron chi connectivity index (χ2n) is 8.68. The molecule has 0 aromatic heterocycles. The molecule has 6 heteroatoms. The first-order chi connectivity index (χ1) is 13.5. The van der Waals surface area contributed by atoms with Crippen molar-refractivity contribution in [3.05, 3.63) is 53.6 Å². The van der Waals surface area contributed by atoms with Gasteiger partial charge in [0, 0.05) is 0 Å². The van der Waals surface area contributed by atoms with Crippen LogP contribution >= 0.6 is 0 Å². The van der Waals surface area contributed by atoms with Crippen molar-refractivity contribution < 1.29 is 24.2 Å². The molecule has 0 saturated heterocycles. The number of nitrogens with zero attached hydrogens (tertiary/aromatic N) is 1. The summed E-state index contributed by atoms with van der Waals surface area (Å²) in [6.07, 6.45) is 0. The molecule has 6 nitrogen and oxygen atoms in total. The van der Waals surface area contributed by atoms with Gasteiger partial charge >= 0.3 is 5.97 Å². The number of hydrogen-bond donors (Lipinski definition) is 1. The fourth-order valence-corrected chi connectivity index (χ4v) is 3.23. The Bertz CT molecular complexity index is 925. The fraction of sp³-hybridized carbons (Fsp3) is 0.391. The highest BCUT2D eigenvalue weighted by molar-refractivity contribution is 6.03. The molecular weight excluding hydrogens is 370 g/mol. The SMILES string of the molecule is CC1(C)Oc2ccc(C(=O)O)cc2N(CCOc2ccc(C(C)(C)C)cc2)C1=O. The van der Waals surface area contributed by atoms with Gasteiger partial charge in [0.2, 0.25) is 0 Å². The topological polar surface area (TPSA) is 76.1 Å². The molecule has 0 aliphatic carbocycles. The summed E-state index contributed by atoms with van der Waals surface area (Å²) in [5.41, 5.74) is 0.789. The van der Waals surface area contributed by atoms with Gasteiger partial charge in [0.05, 0.1) is 17.8 Å². The van der Waals surface area contributed by atoms with E-state index in [-0.39, 0.29) is 30.0 Å². The molecular formula is C23H27NO5. The lowest BCUT2D eigenvalue weighted by Crippen LogP contribution is -2.53. The average molecular weight is 397 g/mol. The summed E-state index contributed by atoms with van der Waals surface area (Å²) in [4.78, 5) is 25.8. The molecule has 1 N–H and O–H groups in total. The molecule has 29 heavy (non-hydrogen) atoms. The molecule has 0 atom stereocenters. The number of carboxylic acids is 1. The Hall–Kier alpha value is -3.02. The molecule has 2 aromatic carbocycles. The van der Waals surface area contributed by atoms with Gasteiger partial charge in [-0.1, -0.05) is 32.9 Å². The van der Waals surface area contributed by atoms with Crippen LogP contribution in [0.15, 0.2) is 42.5 Å². The standard InChI is InChI=1S/C23H27NO5/c1-22(2,3)16-7-9-17(10-8-16)28-13-12-24-18-14-15(20(25)26)6-11-19(18)29-23(4,5)21(24)27/h6-11,14H,12-13H2,1-5H3,(H,25,26). The number of carboxylic acid groups (broad SMARTS) is 1. The van der Waals surface area contributed by atoms with Crippen molar-refractivity contribution in [2.45, 2.75) is 45.6 Å². The van der Waals surface area contributed by atoms with E-state index >= 15 is 0 Å². The minimum atomic E-state index is -1.06. The van der Waals surface area contributed by atoms with E-state index in [1.807, 2.05) is 24.3 Å². The Morgan fingerprint density at radius 3 is 2.38 bits per heavy atom. The lowest BCUT2D eigenvalue weighted by molar-refractivity contribution is -0.132. The number of benzene rings is 2. The quantitative estimate of drug-likeness (QED) is 0.816. The lowest BCUT2D eigenvalue weighted by atomic mass is 9.87. The average Bonchev–Trinajstić information content (AvgIpc) is 2.64. The van der Waals surface area contributed by atoms with E-state index in [4.69, 9.17) is 9.47 Å². The van der Waals surface area contributed by atoms with Gasteiger partial charge in [0.1, 0.15) is 18.1 Å². The number of carbonyl (C=O) groups is 2. The number of ether oxygens (including phenoxy) is 2. The Labute approximate surface area is 171 Å². The predicted octanol–water partition coefficient (Wildman–Crippen LogP) is 4.27. The Kier molecular flexibility index (Phi) is 5.30. The Morgan fingerprint density at radius 1 is 1.14 bits per heavy atom. The van der Waals surface area contributed by atoms with Crippen molar-refractivity contribution >= 4 is 17.6 Å². The maximum absolute atomic E-state index is 12.9. The van der Waals surface area contributed by atoms with E-state index in [9.17, 15) is 14.7 Å². The molecule has 0 unspecified atom stereocenters. The Morgan fingerprint density at radius 2 is 1.79 bits per heavy atom. The van der Waals surface area contributed by atoms with Gasteiger partial charge in [-0.25, -0.2) is 4.79 Å². The third-order valence-electron chi connectivity index (χ3n) is 4.93. The van der Waals surface area contributed by atoms with Crippen LogP contribution in [0.1, 0.15) is 50.5 Å². The van der Waals surface area contributed by atoms with E-state index in [1.165, 1.54) is 22.6 Å². The van der Waals surface area contributed by atoms with Crippen molar-refractivity contribution in [1.29, 1.82) is 0 Å². The van der Waals surface area contributed by atoms with Gasteiger partial charge in [0.15, 0.2) is 5.60 Å². The number of amides is 1. The summed E-state index contributed by atoms with van der Waals surface area (Å²) in [5, 5.41) is 9.28. The maximum atomic E-state index is 12.9. The molecule has 0 fully saturated rings. The minimum absolute atomic E-state index is 0.0654. The van der Waals surface area contributed by atoms with Crippen molar-refractivity contribution in [3.8, 4) is 11.5 Å². The zero-order chi connectivity index (χ0) is 21.4. The summed E-state index contributed by atoms with van der Waals surface area (Å²) in [5.74, 6) is -0.0916. The number of fused-ring (bicyclic) bond motifs is 1. The van der Waals surface area contributed by atoms with Gasteiger partial charge < -0.3 is 19.5 Å². The van der Waals surface area contributed by atoms with E-state index < -0.39 is 11.6 Å². The van der Waals surface area contributed by atoms with E-state index in [2.05, 4.69) is 20.8 Å². The molecule has 2 aromatic rings. The first-order valence-corrected chi connectivity index (χ1v) is 9.61. The van der Waals surface area contributed by atoms with Gasteiger partial charge in [-0.2, -0.15) is 0 Å². The van der Waals surface area contributed by atoms with E-state index in [1.54, 1.807) is 19.9 Å². The van der Waals surface area contributed by atoms with Crippen molar-refractivity contribution in [3.63, 3.8) is 0 Å². The smallest absolute Gasteiger partial charge is 0.335 e. The maximum Gasteiger partial charge on any atom is 0.335 e. The molecule has 1 heterocycles. The predicted molar refractivity (Wildman–Crippen MR) is 111 cm³/mol. The molecule has 0 spiro atoms. The first kappa shape index (κ1) is 20.7. The van der Waals surface area contributed by atoms with Crippen LogP contribution in [0, 0.1) is 0 Å². The van der Waals surface area contributed by atoms with Crippen LogP contribution in [0.2, 0.25) is 0 Å². The van der Waals surface area contributed by atoms with Crippen LogP contribution in [0.3, 0.4) is 0 Å². The highest BCUT2D eigenvalue weighted by Gasteiger charge is 2.41. The normalized spacial score (nSPS) is 15.5. The molecule has 1 amide bonds. The molecule has 154 valence electrons. The number of hydrogen-bond acceptors (Lipinski definition) is 4. The van der Waals surface area contributed by atoms with Gasteiger partial charge in [-0.3, -0.25) is 4.79 Å². The zero-order valence-corrected chi connectivity index (χ0v) is 17.5. The lowest BCUT2D eigenvalue weighted by Gasteiger charge is -2.38. The molecule has 0 radical (unpaired) electrons. The number of anilines is 1. The molecule has 0 bridgehead atoms. The van der Waals surface area contributed by atoms with Crippen LogP contribution in [0.25, 0.3) is 0 Å². The molecule has 0 saturated carbocycles. The minimum Gasteiger partial charge on any atom is -0.492 e.